The van der Waals surface area contributed by atoms with Gasteiger partial charge in [-0.1, -0.05) is 0 Å². The number of carbonyl (C=O) groups is 2. The first-order chi connectivity index (χ1) is 23.8. The minimum absolute atomic E-state index is 0.0375. The summed E-state index contributed by atoms with van der Waals surface area (Å²) < 4.78 is 70.2. The lowest BCUT2D eigenvalue weighted by Gasteiger charge is -2.09. The van der Waals surface area contributed by atoms with Crippen molar-refractivity contribution in [1.82, 2.24) is 5.32 Å². The maximum absolute atomic E-state index is 11.5. The Kier molecular flexibility index (Phi) is 42.4. The minimum atomic E-state index is -0.0375. The molecule has 0 aliphatic carbocycles. The highest BCUT2D eigenvalue weighted by atomic mass is 16.6. The molecule has 0 radical (unpaired) electrons. The van der Waals surface area contributed by atoms with Gasteiger partial charge in [0.15, 0.2) is 0 Å². The molecular formula is C32H63NO15. The summed E-state index contributed by atoms with van der Waals surface area (Å²) in [6.07, 6.45) is 1.61. The molecule has 0 unspecified atom stereocenters. The molecule has 1 N–H and O–H groups in total. The number of amides is 1. The lowest BCUT2D eigenvalue weighted by molar-refractivity contribution is -0.122. The molecule has 0 aromatic heterocycles. The fraction of sp³-hybridized carbons (Fsp3) is 0.938. The Balaban J connectivity index is 3.07. The third kappa shape index (κ3) is 42.6. The average Bonchev–Trinajstić information content (AvgIpc) is 3.09. The number of rotatable bonds is 43. The van der Waals surface area contributed by atoms with Crippen molar-refractivity contribution in [2.24, 2.45) is 0 Å². The van der Waals surface area contributed by atoms with Crippen molar-refractivity contribution < 1.29 is 71.2 Å². The van der Waals surface area contributed by atoms with E-state index in [1.54, 1.807) is 0 Å². The van der Waals surface area contributed by atoms with Gasteiger partial charge in [-0.05, 0) is 6.92 Å². The summed E-state index contributed by atoms with van der Waals surface area (Å²) in [5.74, 6) is -0.0375. The Labute approximate surface area is 286 Å². The quantitative estimate of drug-likeness (QED) is 0.0682. The van der Waals surface area contributed by atoms with Gasteiger partial charge in [0.2, 0.25) is 5.91 Å². The van der Waals surface area contributed by atoms with Crippen LogP contribution < -0.4 is 5.32 Å². The number of aldehydes is 1. The van der Waals surface area contributed by atoms with Crippen LogP contribution in [-0.4, -0.2) is 191 Å². The second-order valence-electron chi connectivity index (χ2n) is 9.60. The van der Waals surface area contributed by atoms with Crippen molar-refractivity contribution in [1.29, 1.82) is 0 Å². The van der Waals surface area contributed by atoms with Crippen molar-refractivity contribution in [3.05, 3.63) is 0 Å². The van der Waals surface area contributed by atoms with E-state index in [0.717, 1.165) is 6.29 Å². The number of carbonyl (C=O) groups excluding carboxylic acids is 2. The Morgan fingerprint density at radius 1 is 0.396 bits per heavy atom. The number of hydrogen-bond donors (Lipinski definition) is 1. The standard InChI is InChI=1S/C32H63NO15/c1-2-36-8-4-32(35)33-5-9-38-11-13-40-15-17-42-19-21-44-23-25-46-27-29-48-31-30-47-28-26-45-24-22-43-20-18-41-16-14-39-12-10-37-7-3-6-34/h6H,2-5,7-31H2,1H3,(H,33,35). The molecule has 16 nitrogen and oxygen atoms in total. The van der Waals surface area contributed by atoms with Gasteiger partial charge in [0.05, 0.1) is 165 Å². The second kappa shape index (κ2) is 43.6. The Bertz CT molecular complexity index is 636. The third-order valence-electron chi connectivity index (χ3n) is 5.72. The van der Waals surface area contributed by atoms with Gasteiger partial charge in [0, 0.05) is 26.0 Å². The molecule has 0 atom stereocenters. The van der Waals surface area contributed by atoms with Gasteiger partial charge in [-0.2, -0.15) is 0 Å². The molecule has 0 bridgehead atoms. The Hall–Kier alpha value is -1.38. The van der Waals surface area contributed by atoms with Crippen molar-refractivity contribution in [3.63, 3.8) is 0 Å². The molecule has 48 heavy (non-hydrogen) atoms. The lowest BCUT2D eigenvalue weighted by atomic mass is 10.4. The zero-order valence-corrected chi connectivity index (χ0v) is 29.2. The predicted octanol–water partition coefficient (Wildman–Crippen LogP) is 0.317. The van der Waals surface area contributed by atoms with E-state index in [0.29, 0.717) is 191 Å². The van der Waals surface area contributed by atoms with Crippen LogP contribution >= 0.6 is 0 Å². The van der Waals surface area contributed by atoms with E-state index >= 15 is 0 Å². The first-order valence-electron chi connectivity index (χ1n) is 17.0. The van der Waals surface area contributed by atoms with Crippen LogP contribution in [0.4, 0.5) is 0 Å². The molecule has 0 heterocycles. The molecule has 0 aromatic rings. The van der Waals surface area contributed by atoms with Crippen LogP contribution in [0.3, 0.4) is 0 Å². The summed E-state index contributed by atoms with van der Waals surface area (Å²) in [7, 11) is 0. The lowest BCUT2D eigenvalue weighted by Crippen LogP contribution is -2.28. The molecule has 0 saturated heterocycles. The summed E-state index contributed by atoms with van der Waals surface area (Å²) in [5.41, 5.74) is 0. The van der Waals surface area contributed by atoms with Crippen molar-refractivity contribution in [3.8, 4) is 0 Å². The summed E-state index contributed by atoms with van der Waals surface area (Å²) in [6, 6.07) is 0. The van der Waals surface area contributed by atoms with E-state index in [1.165, 1.54) is 0 Å². The van der Waals surface area contributed by atoms with Crippen LogP contribution in [0.15, 0.2) is 0 Å². The number of ether oxygens (including phenoxy) is 13. The van der Waals surface area contributed by atoms with E-state index < -0.39 is 0 Å². The highest BCUT2D eigenvalue weighted by Gasteiger charge is 2.00. The first-order valence-corrected chi connectivity index (χ1v) is 17.0. The van der Waals surface area contributed by atoms with Crippen LogP contribution in [0.2, 0.25) is 0 Å². The number of hydrogen-bond acceptors (Lipinski definition) is 15. The molecule has 0 rings (SSSR count). The largest absolute Gasteiger partial charge is 0.381 e. The van der Waals surface area contributed by atoms with E-state index in [9.17, 15) is 9.59 Å². The maximum atomic E-state index is 11.5. The van der Waals surface area contributed by atoms with Gasteiger partial charge < -0.3 is 71.7 Å². The highest BCUT2D eigenvalue weighted by Crippen LogP contribution is 1.88. The molecule has 16 heteroatoms. The van der Waals surface area contributed by atoms with Gasteiger partial charge >= 0.3 is 0 Å². The number of nitrogens with one attached hydrogen (secondary N) is 1. The molecule has 0 spiro atoms. The average molecular weight is 702 g/mol. The third-order valence-corrected chi connectivity index (χ3v) is 5.72. The highest BCUT2D eigenvalue weighted by molar-refractivity contribution is 5.75. The van der Waals surface area contributed by atoms with E-state index in [-0.39, 0.29) is 5.91 Å². The predicted molar refractivity (Wildman–Crippen MR) is 175 cm³/mol. The van der Waals surface area contributed by atoms with Crippen LogP contribution in [0.5, 0.6) is 0 Å². The van der Waals surface area contributed by atoms with E-state index in [1.807, 2.05) is 6.92 Å². The van der Waals surface area contributed by atoms with Gasteiger partial charge in [-0.3, -0.25) is 4.79 Å². The molecule has 0 aliphatic heterocycles. The van der Waals surface area contributed by atoms with Gasteiger partial charge in [0.1, 0.15) is 6.29 Å². The molecule has 0 saturated carbocycles. The van der Waals surface area contributed by atoms with Gasteiger partial charge in [-0.15, -0.1) is 0 Å². The second-order valence-corrected chi connectivity index (χ2v) is 9.60. The monoisotopic (exact) mass is 701 g/mol. The van der Waals surface area contributed by atoms with Crippen LogP contribution in [0.25, 0.3) is 0 Å². The molecule has 1 amide bonds. The summed E-state index contributed by atoms with van der Waals surface area (Å²) in [5, 5.41) is 2.77. The Morgan fingerprint density at radius 2 is 0.667 bits per heavy atom. The zero-order valence-electron chi connectivity index (χ0n) is 29.2. The maximum Gasteiger partial charge on any atom is 0.222 e. The molecule has 0 fully saturated rings. The van der Waals surface area contributed by atoms with Gasteiger partial charge in [0.25, 0.3) is 0 Å². The van der Waals surface area contributed by atoms with Crippen LogP contribution in [0, 0.1) is 0 Å². The van der Waals surface area contributed by atoms with Crippen molar-refractivity contribution in [2.45, 2.75) is 19.8 Å². The zero-order chi connectivity index (χ0) is 34.7. The summed E-state index contributed by atoms with van der Waals surface area (Å²) in [6.45, 7) is 15.0. The van der Waals surface area contributed by atoms with Crippen molar-refractivity contribution in [2.75, 3.05) is 178 Å². The smallest absolute Gasteiger partial charge is 0.222 e. The Morgan fingerprint density at radius 3 is 0.938 bits per heavy atom. The van der Waals surface area contributed by atoms with Crippen molar-refractivity contribution >= 4 is 12.2 Å². The summed E-state index contributed by atoms with van der Waals surface area (Å²) in [4.78, 5) is 21.6. The normalized spacial score (nSPS) is 11.4. The topological polar surface area (TPSA) is 166 Å². The van der Waals surface area contributed by atoms with Crippen LogP contribution in [0.1, 0.15) is 19.8 Å². The van der Waals surface area contributed by atoms with E-state index in [4.69, 9.17) is 61.6 Å². The molecular weight excluding hydrogens is 638 g/mol. The molecule has 286 valence electrons. The fourth-order valence-electron chi connectivity index (χ4n) is 3.31. The van der Waals surface area contributed by atoms with Gasteiger partial charge in [-0.25, -0.2) is 0 Å². The minimum Gasteiger partial charge on any atom is -0.381 e. The SMILES string of the molecule is CCOCCC(=O)NCCOCCOCCOCCOCCOCCOCCOCCOCCOCCOCCOCCOCCC=O. The first kappa shape index (κ1) is 46.6. The fourth-order valence-corrected chi connectivity index (χ4v) is 3.31. The molecule has 0 aliphatic rings. The summed E-state index contributed by atoms with van der Waals surface area (Å²) >= 11 is 0. The molecule has 0 aromatic carbocycles. The van der Waals surface area contributed by atoms with Crippen LogP contribution in [-0.2, 0) is 71.2 Å². The van der Waals surface area contributed by atoms with E-state index in [2.05, 4.69) is 5.32 Å².